The van der Waals surface area contributed by atoms with Crippen molar-refractivity contribution in [2.45, 2.75) is 34.6 Å². The molecule has 0 heterocycles. The van der Waals surface area contributed by atoms with Gasteiger partial charge in [0.15, 0.2) is 0 Å². The molecule has 0 aromatic carbocycles. The first-order chi connectivity index (χ1) is 6.00. The number of rotatable bonds is 2. The molecule has 13 heavy (non-hydrogen) atoms. The van der Waals surface area contributed by atoms with E-state index in [2.05, 4.69) is 0 Å². The number of nitrogens with zero attached hydrogens (tertiary/aromatic N) is 1. The van der Waals surface area contributed by atoms with E-state index in [4.69, 9.17) is 16.4 Å². The van der Waals surface area contributed by atoms with Gasteiger partial charge in [0.2, 0.25) is 0 Å². The van der Waals surface area contributed by atoms with Crippen LogP contribution >= 0.6 is 0 Å². The molecule has 0 saturated heterocycles. The van der Waals surface area contributed by atoms with E-state index >= 15 is 0 Å². The summed E-state index contributed by atoms with van der Waals surface area (Å²) in [7, 11) is 0. The Morgan fingerprint density at radius 1 is 1.38 bits per heavy atom. The highest BCUT2D eigenvalue weighted by Gasteiger charge is 2.09. The van der Waals surface area contributed by atoms with Crippen molar-refractivity contribution in [3.63, 3.8) is 0 Å². The van der Waals surface area contributed by atoms with E-state index in [0.717, 1.165) is 0 Å². The molecule has 0 bridgehead atoms. The molecule has 0 atom stereocenters. The monoisotopic (exact) mass is 181 g/mol. The molecule has 0 rings (SSSR count). The average Bonchev–Trinajstić information content (AvgIpc) is 2.08. The van der Waals surface area contributed by atoms with E-state index in [9.17, 15) is 0 Å². The maximum Gasteiger partial charge on any atom is 0.103 e. The number of nitrogens with two attached hydrogens (primary N) is 1. The van der Waals surface area contributed by atoms with Crippen molar-refractivity contribution in [2.75, 3.05) is 0 Å². The normalized spacial score (nSPS) is 10.8. The molecule has 3 nitrogen and oxygen atoms in total. The smallest absolute Gasteiger partial charge is 0.103 e. The quantitative estimate of drug-likeness (QED) is 0.507. The van der Waals surface area contributed by atoms with Gasteiger partial charge in [-0.15, -0.1) is 0 Å². The third-order valence-corrected chi connectivity index (χ3v) is 1.35. The maximum absolute atomic E-state index is 8.59. The molecule has 0 amide bonds. The van der Waals surface area contributed by atoms with Gasteiger partial charge in [0.05, 0.1) is 11.3 Å². The highest BCUT2D eigenvalue weighted by Crippen LogP contribution is 2.07. The predicted molar refractivity (Wildman–Crippen MR) is 56.4 cm³/mol. The van der Waals surface area contributed by atoms with Crippen LogP contribution in [-0.4, -0.2) is 5.71 Å². The van der Waals surface area contributed by atoms with Crippen LogP contribution < -0.4 is 5.73 Å². The predicted octanol–water partition coefficient (Wildman–Crippen LogP) is 2.44. The largest absolute Gasteiger partial charge is 0.401 e. The van der Waals surface area contributed by atoms with Crippen molar-refractivity contribution >= 4 is 5.71 Å². The van der Waals surface area contributed by atoms with Crippen LogP contribution in [0.1, 0.15) is 34.6 Å². The summed E-state index contributed by atoms with van der Waals surface area (Å²) in [5.41, 5.74) is 6.44. The van der Waals surface area contributed by atoms with E-state index in [0.29, 0.717) is 17.0 Å². The van der Waals surface area contributed by atoms with Crippen molar-refractivity contribution in [1.82, 2.24) is 0 Å². The molecule has 0 saturated carbocycles. The fourth-order valence-corrected chi connectivity index (χ4v) is 0.649. The summed E-state index contributed by atoms with van der Waals surface area (Å²) in [6.45, 7) is 9.36. The zero-order chi connectivity index (χ0) is 11.0. The van der Waals surface area contributed by atoms with Crippen molar-refractivity contribution in [1.29, 1.82) is 10.7 Å². The number of hydrogen-bond acceptors (Lipinski definition) is 3. The summed E-state index contributed by atoms with van der Waals surface area (Å²) >= 11 is 0. The van der Waals surface area contributed by atoms with Crippen molar-refractivity contribution < 1.29 is 0 Å². The van der Waals surface area contributed by atoms with Gasteiger partial charge in [-0.05, 0) is 12.8 Å². The first kappa shape index (κ1) is 14.2. The van der Waals surface area contributed by atoms with Gasteiger partial charge >= 0.3 is 0 Å². The molecular formula is C10H19N3. The van der Waals surface area contributed by atoms with Crippen LogP contribution in [0.15, 0.2) is 11.3 Å². The molecule has 0 aliphatic carbocycles. The summed E-state index contributed by atoms with van der Waals surface area (Å²) in [4.78, 5) is 0. The van der Waals surface area contributed by atoms with E-state index < -0.39 is 0 Å². The van der Waals surface area contributed by atoms with Crippen LogP contribution in [0.3, 0.4) is 0 Å². The molecule has 0 spiro atoms. The number of allylic oxidation sites excluding steroid dienone is 2. The third-order valence-electron chi connectivity index (χ3n) is 1.35. The van der Waals surface area contributed by atoms with E-state index in [1.807, 2.05) is 33.8 Å². The standard InChI is InChI=1S/C8H13N3.C2H6/c1-5(2)8(11)7(4-9)6(3)10;1-2/h5,11H,10H2,1-3H3;1-2H3/b7-6-,11-8?;. The zero-order valence-electron chi connectivity index (χ0n) is 9.10. The second kappa shape index (κ2) is 7.35. The summed E-state index contributed by atoms with van der Waals surface area (Å²) in [5.74, 6) is 0.0585. The Morgan fingerprint density at radius 2 is 1.77 bits per heavy atom. The third kappa shape index (κ3) is 5.02. The number of nitrogens with one attached hydrogen (secondary N) is 1. The molecule has 0 fully saturated rings. The Labute approximate surface area is 80.8 Å². The first-order valence-electron chi connectivity index (χ1n) is 4.46. The summed E-state index contributed by atoms with van der Waals surface area (Å²) in [6.07, 6.45) is 0. The van der Waals surface area contributed by atoms with Crippen LogP contribution in [0.4, 0.5) is 0 Å². The Bertz CT molecular complexity index is 227. The summed E-state index contributed by atoms with van der Waals surface area (Å²) in [5, 5.41) is 16.1. The minimum absolute atomic E-state index is 0.0585. The lowest BCUT2D eigenvalue weighted by atomic mass is 10.00. The molecule has 0 aromatic rings. The minimum Gasteiger partial charge on any atom is -0.401 e. The van der Waals surface area contributed by atoms with Gasteiger partial charge in [0.25, 0.3) is 0 Å². The van der Waals surface area contributed by atoms with E-state index in [-0.39, 0.29) is 5.92 Å². The second-order valence-corrected chi connectivity index (χ2v) is 2.74. The first-order valence-corrected chi connectivity index (χ1v) is 4.46. The lowest BCUT2D eigenvalue weighted by molar-refractivity contribution is 0.876. The lowest BCUT2D eigenvalue weighted by Gasteiger charge is -2.06. The number of hydrogen-bond donors (Lipinski definition) is 2. The SMILES string of the molecule is C/C(N)=C(\C#N)C(=N)C(C)C.CC. The van der Waals surface area contributed by atoms with Crippen molar-refractivity contribution in [2.24, 2.45) is 11.7 Å². The topological polar surface area (TPSA) is 73.7 Å². The Morgan fingerprint density at radius 3 is 1.85 bits per heavy atom. The van der Waals surface area contributed by atoms with Gasteiger partial charge in [-0.1, -0.05) is 27.7 Å². The van der Waals surface area contributed by atoms with Gasteiger partial charge in [0, 0.05) is 5.70 Å². The number of nitriles is 1. The van der Waals surface area contributed by atoms with Crippen LogP contribution in [0.25, 0.3) is 0 Å². The summed E-state index contributed by atoms with van der Waals surface area (Å²) < 4.78 is 0. The fourth-order valence-electron chi connectivity index (χ4n) is 0.649. The van der Waals surface area contributed by atoms with Crippen molar-refractivity contribution in [3.8, 4) is 6.07 Å². The van der Waals surface area contributed by atoms with Crippen molar-refractivity contribution in [3.05, 3.63) is 11.3 Å². The van der Waals surface area contributed by atoms with Gasteiger partial charge in [-0.2, -0.15) is 5.26 Å². The molecule has 0 radical (unpaired) electrons. The summed E-state index contributed by atoms with van der Waals surface area (Å²) in [6, 6.07) is 1.91. The second-order valence-electron chi connectivity index (χ2n) is 2.74. The fraction of sp³-hybridized carbons (Fsp3) is 0.600. The molecule has 0 aliphatic heterocycles. The molecule has 0 aromatic heterocycles. The van der Waals surface area contributed by atoms with Crippen LogP contribution in [0.5, 0.6) is 0 Å². The van der Waals surface area contributed by atoms with E-state index in [1.54, 1.807) is 6.92 Å². The molecule has 0 unspecified atom stereocenters. The maximum atomic E-state index is 8.59. The van der Waals surface area contributed by atoms with E-state index in [1.165, 1.54) is 0 Å². The molecule has 0 aliphatic rings. The highest BCUT2D eigenvalue weighted by atomic mass is 14.6. The highest BCUT2D eigenvalue weighted by molar-refractivity contribution is 6.02. The van der Waals surface area contributed by atoms with Crippen LogP contribution in [0, 0.1) is 22.7 Å². The minimum atomic E-state index is 0.0585. The zero-order valence-corrected chi connectivity index (χ0v) is 9.10. The molecular weight excluding hydrogens is 162 g/mol. The Balaban J connectivity index is 0. The van der Waals surface area contributed by atoms with Gasteiger partial charge < -0.3 is 11.1 Å². The van der Waals surface area contributed by atoms with Crippen LogP contribution in [0.2, 0.25) is 0 Å². The lowest BCUT2D eigenvalue weighted by Crippen LogP contribution is -2.12. The average molecular weight is 181 g/mol. The van der Waals surface area contributed by atoms with Gasteiger partial charge in [-0.25, -0.2) is 0 Å². The molecule has 3 N–H and O–H groups in total. The molecule has 74 valence electrons. The van der Waals surface area contributed by atoms with Crippen LogP contribution in [-0.2, 0) is 0 Å². The van der Waals surface area contributed by atoms with Gasteiger partial charge in [-0.3, -0.25) is 0 Å². The molecule has 3 heteroatoms. The Hall–Kier alpha value is -1.30. The Kier molecular flexibility index (Phi) is 8.05. The van der Waals surface area contributed by atoms with Gasteiger partial charge in [0.1, 0.15) is 6.07 Å².